The number of carbonyl (C=O) groups excluding carboxylic acids is 1. The second-order valence-corrected chi connectivity index (χ2v) is 7.18. The van der Waals surface area contributed by atoms with Gasteiger partial charge < -0.3 is 10.4 Å². The predicted octanol–water partition coefficient (Wildman–Crippen LogP) is 1.69. The van der Waals surface area contributed by atoms with E-state index in [4.69, 9.17) is 11.6 Å². The van der Waals surface area contributed by atoms with Crippen LogP contribution in [0.1, 0.15) is 23.2 Å². The summed E-state index contributed by atoms with van der Waals surface area (Å²) < 4.78 is 3.53. The van der Waals surface area contributed by atoms with E-state index in [-0.39, 0.29) is 17.9 Å². The first-order chi connectivity index (χ1) is 13.1. The van der Waals surface area contributed by atoms with E-state index in [2.05, 4.69) is 20.4 Å². The molecule has 1 aliphatic carbocycles. The standard InChI is InChI=1S/C18H19ClN6O2/c19-14-8-22-25(10-14)9-12-5-15(16(26)6-12)23-18(27)13-1-2-17(21-7-13)24-4-3-20-11-24/h1-4,7-8,10-12,15-16,26H,5-6,9H2,(H,23,27)/t12?,15-,16-/m1/s1. The molecule has 3 aromatic rings. The Hall–Kier alpha value is -2.71. The van der Waals surface area contributed by atoms with Gasteiger partial charge in [-0.15, -0.1) is 0 Å². The number of aromatic nitrogens is 5. The maximum absolute atomic E-state index is 12.5. The number of imidazole rings is 1. The molecule has 0 bridgehead atoms. The van der Waals surface area contributed by atoms with Crippen LogP contribution < -0.4 is 5.32 Å². The number of halogens is 1. The van der Waals surface area contributed by atoms with E-state index in [9.17, 15) is 9.90 Å². The zero-order valence-corrected chi connectivity index (χ0v) is 15.2. The first-order valence-electron chi connectivity index (χ1n) is 8.70. The molecule has 8 nitrogen and oxygen atoms in total. The molecule has 3 heterocycles. The van der Waals surface area contributed by atoms with Gasteiger partial charge in [0, 0.05) is 31.3 Å². The largest absolute Gasteiger partial charge is 0.391 e. The van der Waals surface area contributed by atoms with Gasteiger partial charge in [0.2, 0.25) is 0 Å². The fraction of sp³-hybridized carbons (Fsp3) is 0.333. The molecular weight excluding hydrogens is 368 g/mol. The number of pyridine rings is 1. The summed E-state index contributed by atoms with van der Waals surface area (Å²) in [5, 5.41) is 18.0. The minimum absolute atomic E-state index is 0.225. The predicted molar refractivity (Wildman–Crippen MR) is 98.6 cm³/mol. The second kappa shape index (κ2) is 7.50. The highest BCUT2D eigenvalue weighted by atomic mass is 35.5. The summed E-state index contributed by atoms with van der Waals surface area (Å²) in [5.74, 6) is 0.664. The molecule has 0 aliphatic heterocycles. The molecule has 0 saturated heterocycles. The minimum Gasteiger partial charge on any atom is -0.391 e. The molecule has 1 saturated carbocycles. The average Bonchev–Trinajstić information content (AvgIpc) is 3.39. The lowest BCUT2D eigenvalue weighted by atomic mass is 10.1. The average molecular weight is 387 g/mol. The Morgan fingerprint density at radius 3 is 2.89 bits per heavy atom. The fourth-order valence-corrected chi connectivity index (χ4v) is 3.60. The highest BCUT2D eigenvalue weighted by Crippen LogP contribution is 2.28. The summed E-state index contributed by atoms with van der Waals surface area (Å²) in [7, 11) is 0. The molecule has 1 aliphatic rings. The smallest absolute Gasteiger partial charge is 0.253 e. The number of nitrogens with zero attached hydrogens (tertiary/aromatic N) is 5. The van der Waals surface area contributed by atoms with Crippen molar-refractivity contribution in [1.29, 1.82) is 0 Å². The van der Waals surface area contributed by atoms with Crippen LogP contribution >= 0.6 is 11.6 Å². The Balaban J connectivity index is 1.36. The zero-order chi connectivity index (χ0) is 18.8. The van der Waals surface area contributed by atoms with Crippen LogP contribution in [0.5, 0.6) is 0 Å². The lowest BCUT2D eigenvalue weighted by Crippen LogP contribution is -2.40. The number of aliphatic hydroxyl groups excluding tert-OH is 1. The maximum atomic E-state index is 12.5. The van der Waals surface area contributed by atoms with E-state index in [1.54, 1.807) is 52.5 Å². The molecule has 1 unspecified atom stereocenters. The van der Waals surface area contributed by atoms with Crippen molar-refractivity contribution in [3.05, 3.63) is 60.0 Å². The molecule has 0 radical (unpaired) electrons. The molecule has 0 aromatic carbocycles. The molecule has 2 N–H and O–H groups in total. The number of rotatable bonds is 5. The lowest BCUT2D eigenvalue weighted by molar-refractivity contribution is 0.0872. The van der Waals surface area contributed by atoms with Crippen molar-refractivity contribution in [2.45, 2.75) is 31.5 Å². The highest BCUT2D eigenvalue weighted by molar-refractivity contribution is 6.30. The topological polar surface area (TPSA) is 97.9 Å². The van der Waals surface area contributed by atoms with Crippen LogP contribution in [0.4, 0.5) is 0 Å². The summed E-state index contributed by atoms with van der Waals surface area (Å²) in [6.45, 7) is 0.664. The van der Waals surface area contributed by atoms with E-state index in [1.807, 2.05) is 0 Å². The first-order valence-corrected chi connectivity index (χ1v) is 9.07. The third-order valence-corrected chi connectivity index (χ3v) is 4.96. The molecule has 4 rings (SSSR count). The van der Waals surface area contributed by atoms with Gasteiger partial charge in [-0.25, -0.2) is 9.97 Å². The number of amides is 1. The molecule has 9 heteroatoms. The van der Waals surface area contributed by atoms with Crippen LogP contribution in [-0.2, 0) is 6.54 Å². The Bertz CT molecular complexity index is 908. The van der Waals surface area contributed by atoms with Gasteiger partial charge in [-0.05, 0) is 30.9 Å². The SMILES string of the molecule is O=C(N[C@@H]1CC(Cn2cc(Cl)cn2)C[C@H]1O)c1ccc(-n2ccnc2)nc1. The normalized spacial score (nSPS) is 22.1. The zero-order valence-electron chi connectivity index (χ0n) is 14.4. The molecule has 1 amide bonds. The lowest BCUT2D eigenvalue weighted by Gasteiger charge is -2.16. The van der Waals surface area contributed by atoms with Crippen molar-refractivity contribution in [2.75, 3.05) is 0 Å². The molecule has 3 atom stereocenters. The van der Waals surface area contributed by atoms with Crippen LogP contribution in [0.3, 0.4) is 0 Å². The second-order valence-electron chi connectivity index (χ2n) is 6.74. The van der Waals surface area contributed by atoms with E-state index in [0.717, 1.165) is 0 Å². The Kier molecular flexibility index (Phi) is 4.91. The Morgan fingerprint density at radius 1 is 1.33 bits per heavy atom. The fourth-order valence-electron chi connectivity index (χ4n) is 3.44. The van der Waals surface area contributed by atoms with Gasteiger partial charge in [-0.3, -0.25) is 14.0 Å². The number of carbonyl (C=O) groups is 1. The molecular formula is C18H19ClN6O2. The van der Waals surface area contributed by atoms with Crippen LogP contribution in [0, 0.1) is 5.92 Å². The van der Waals surface area contributed by atoms with Gasteiger partial charge in [0.15, 0.2) is 0 Å². The van der Waals surface area contributed by atoms with Gasteiger partial charge in [-0.2, -0.15) is 5.10 Å². The van der Waals surface area contributed by atoms with Crippen molar-refractivity contribution in [3.63, 3.8) is 0 Å². The van der Waals surface area contributed by atoms with Crippen molar-refractivity contribution >= 4 is 17.5 Å². The van der Waals surface area contributed by atoms with E-state index < -0.39 is 6.10 Å². The number of aliphatic hydroxyl groups is 1. The summed E-state index contributed by atoms with van der Waals surface area (Å²) in [5.41, 5.74) is 0.452. The van der Waals surface area contributed by atoms with Crippen LogP contribution in [0.2, 0.25) is 5.02 Å². The summed E-state index contributed by atoms with van der Waals surface area (Å²) in [6, 6.07) is 3.18. The summed E-state index contributed by atoms with van der Waals surface area (Å²) in [6.07, 6.45) is 10.7. The molecule has 3 aromatic heterocycles. The Morgan fingerprint density at radius 2 is 2.22 bits per heavy atom. The van der Waals surface area contributed by atoms with Crippen molar-refractivity contribution in [3.8, 4) is 5.82 Å². The number of nitrogens with one attached hydrogen (secondary N) is 1. The van der Waals surface area contributed by atoms with Gasteiger partial charge in [0.1, 0.15) is 12.1 Å². The monoisotopic (exact) mass is 386 g/mol. The van der Waals surface area contributed by atoms with E-state index in [1.165, 1.54) is 6.20 Å². The summed E-state index contributed by atoms with van der Waals surface area (Å²) in [4.78, 5) is 20.8. The third-order valence-electron chi connectivity index (χ3n) is 4.77. The van der Waals surface area contributed by atoms with Crippen LogP contribution in [0.25, 0.3) is 5.82 Å². The van der Waals surface area contributed by atoms with Crippen molar-refractivity contribution < 1.29 is 9.90 Å². The number of hydrogen-bond acceptors (Lipinski definition) is 5. The third kappa shape index (κ3) is 4.01. The van der Waals surface area contributed by atoms with Crippen molar-refractivity contribution in [2.24, 2.45) is 5.92 Å². The van der Waals surface area contributed by atoms with Gasteiger partial charge in [0.05, 0.1) is 28.9 Å². The molecule has 1 fully saturated rings. The summed E-state index contributed by atoms with van der Waals surface area (Å²) >= 11 is 5.88. The van der Waals surface area contributed by atoms with Gasteiger partial charge in [0.25, 0.3) is 5.91 Å². The van der Waals surface area contributed by atoms with E-state index >= 15 is 0 Å². The van der Waals surface area contributed by atoms with Gasteiger partial charge in [-0.1, -0.05) is 11.6 Å². The van der Waals surface area contributed by atoms with Gasteiger partial charge >= 0.3 is 0 Å². The quantitative estimate of drug-likeness (QED) is 0.695. The molecule has 0 spiro atoms. The minimum atomic E-state index is -0.580. The number of hydrogen-bond donors (Lipinski definition) is 2. The highest BCUT2D eigenvalue weighted by Gasteiger charge is 2.34. The molecule has 140 valence electrons. The van der Waals surface area contributed by atoms with Crippen LogP contribution in [0.15, 0.2) is 49.4 Å². The maximum Gasteiger partial charge on any atom is 0.253 e. The first kappa shape index (κ1) is 17.7. The van der Waals surface area contributed by atoms with Crippen molar-refractivity contribution in [1.82, 2.24) is 29.6 Å². The van der Waals surface area contributed by atoms with Crippen LogP contribution in [-0.4, -0.2) is 47.5 Å². The van der Waals surface area contributed by atoms with E-state index in [0.29, 0.717) is 35.8 Å². The molecule has 27 heavy (non-hydrogen) atoms. The Labute approximate surface area is 160 Å².